The predicted molar refractivity (Wildman–Crippen MR) is 80.2 cm³/mol. The number of benzene rings is 1. The van der Waals surface area contributed by atoms with Crippen LogP contribution in [0.3, 0.4) is 0 Å². The number of aliphatic hydroxyl groups excluding tert-OH is 1. The van der Waals surface area contributed by atoms with Crippen molar-refractivity contribution in [3.8, 4) is 0 Å². The van der Waals surface area contributed by atoms with E-state index in [1.807, 2.05) is 30.3 Å². The summed E-state index contributed by atoms with van der Waals surface area (Å²) in [5.41, 5.74) is 0.817. The van der Waals surface area contributed by atoms with Crippen LogP contribution in [0.1, 0.15) is 0 Å². The molecule has 0 aromatic heterocycles. The fraction of sp³-hybridized carbons (Fsp3) is 0.357. The molecule has 2 heterocycles. The minimum Gasteiger partial charge on any atom is -0.395 e. The average molecular weight is 303 g/mol. The van der Waals surface area contributed by atoms with Gasteiger partial charge in [-0.1, -0.05) is 18.2 Å². The molecule has 0 bridgehead atoms. The Balaban J connectivity index is 1.90. The first-order chi connectivity index (χ1) is 10.6. The van der Waals surface area contributed by atoms with E-state index in [1.54, 1.807) is 11.9 Å². The average Bonchev–Trinajstić information content (AvgIpc) is 2.86. The molecule has 3 N–H and O–H groups in total. The van der Waals surface area contributed by atoms with E-state index in [2.05, 4.69) is 15.6 Å². The Hall–Kier alpha value is -2.61. The van der Waals surface area contributed by atoms with Crippen LogP contribution in [-0.2, 0) is 4.79 Å². The Bertz CT molecular complexity index is 618. The van der Waals surface area contributed by atoms with Gasteiger partial charge in [0.15, 0.2) is 12.2 Å². The summed E-state index contributed by atoms with van der Waals surface area (Å²) in [5.74, 6) is 0.0575. The van der Waals surface area contributed by atoms with E-state index in [9.17, 15) is 14.7 Å². The van der Waals surface area contributed by atoms with Gasteiger partial charge in [-0.25, -0.2) is 9.79 Å². The van der Waals surface area contributed by atoms with E-state index in [0.29, 0.717) is 5.96 Å². The smallest absolute Gasteiger partial charge is 0.325 e. The Morgan fingerprint density at radius 3 is 2.73 bits per heavy atom. The van der Waals surface area contributed by atoms with Crippen LogP contribution < -0.4 is 10.6 Å². The Morgan fingerprint density at radius 2 is 2.05 bits per heavy atom. The van der Waals surface area contributed by atoms with Crippen molar-refractivity contribution < 1.29 is 14.7 Å². The summed E-state index contributed by atoms with van der Waals surface area (Å²) in [5, 5.41) is 14.7. The van der Waals surface area contributed by atoms with Gasteiger partial charge in [0.25, 0.3) is 5.91 Å². The van der Waals surface area contributed by atoms with Crippen LogP contribution in [0.2, 0.25) is 0 Å². The SMILES string of the molecule is CN1C(=O)NC(=O)C2C1N=C(Nc1ccccc1)N2CCO. The van der Waals surface area contributed by atoms with Crippen LogP contribution in [0, 0.1) is 0 Å². The van der Waals surface area contributed by atoms with E-state index in [-0.39, 0.29) is 13.2 Å². The number of imide groups is 1. The van der Waals surface area contributed by atoms with Crippen molar-refractivity contribution in [1.29, 1.82) is 0 Å². The van der Waals surface area contributed by atoms with E-state index < -0.39 is 24.1 Å². The molecule has 0 radical (unpaired) electrons. The standard InChI is InChI=1S/C14H17N5O3/c1-18-11-10(12(21)17-14(18)22)19(7-8-20)13(16-11)15-9-5-3-2-4-6-9/h2-6,10-11,20H,7-8H2,1H3,(H,15,16)(H,17,21,22). The van der Waals surface area contributed by atoms with Gasteiger partial charge in [-0.2, -0.15) is 0 Å². The first-order valence-electron chi connectivity index (χ1n) is 6.97. The second-order valence-corrected chi connectivity index (χ2v) is 5.12. The Labute approximate surface area is 127 Å². The molecule has 3 amide bonds. The lowest BCUT2D eigenvalue weighted by Crippen LogP contribution is -2.64. The van der Waals surface area contributed by atoms with Gasteiger partial charge in [0.05, 0.1) is 6.61 Å². The lowest BCUT2D eigenvalue weighted by atomic mass is 10.1. The van der Waals surface area contributed by atoms with E-state index in [0.717, 1.165) is 5.69 Å². The number of fused-ring (bicyclic) bond motifs is 1. The van der Waals surface area contributed by atoms with Crippen molar-refractivity contribution in [2.45, 2.75) is 12.2 Å². The number of anilines is 1. The van der Waals surface area contributed by atoms with Crippen LogP contribution in [-0.4, -0.2) is 65.2 Å². The van der Waals surface area contributed by atoms with Gasteiger partial charge in [-0.05, 0) is 12.1 Å². The zero-order valence-corrected chi connectivity index (χ0v) is 12.1. The maximum atomic E-state index is 12.1. The molecule has 2 atom stereocenters. The number of amides is 3. The normalized spacial score (nSPS) is 24.0. The Morgan fingerprint density at radius 1 is 1.32 bits per heavy atom. The number of urea groups is 1. The van der Waals surface area contributed by atoms with Crippen molar-refractivity contribution in [3.05, 3.63) is 30.3 Å². The topological polar surface area (TPSA) is 97.3 Å². The molecule has 0 saturated carbocycles. The van der Waals surface area contributed by atoms with E-state index in [1.165, 1.54) is 4.90 Å². The summed E-state index contributed by atoms with van der Waals surface area (Å²) < 4.78 is 0. The lowest BCUT2D eigenvalue weighted by molar-refractivity contribution is -0.127. The van der Waals surface area contributed by atoms with Gasteiger partial charge in [0.2, 0.25) is 5.96 Å². The highest BCUT2D eigenvalue weighted by Gasteiger charge is 2.48. The van der Waals surface area contributed by atoms with E-state index in [4.69, 9.17) is 0 Å². The maximum Gasteiger partial charge on any atom is 0.325 e. The molecular formula is C14H17N5O3. The van der Waals surface area contributed by atoms with Gasteiger partial charge >= 0.3 is 6.03 Å². The third-order valence-electron chi connectivity index (χ3n) is 3.73. The quantitative estimate of drug-likeness (QED) is 0.708. The van der Waals surface area contributed by atoms with Gasteiger partial charge in [0, 0.05) is 19.3 Å². The highest BCUT2D eigenvalue weighted by Crippen LogP contribution is 2.24. The predicted octanol–water partition coefficient (Wildman–Crippen LogP) is -0.361. The van der Waals surface area contributed by atoms with Crippen LogP contribution in [0.25, 0.3) is 0 Å². The van der Waals surface area contributed by atoms with Crippen LogP contribution in [0.15, 0.2) is 35.3 Å². The van der Waals surface area contributed by atoms with Gasteiger partial charge in [0.1, 0.15) is 0 Å². The maximum absolute atomic E-state index is 12.1. The Kier molecular flexibility index (Phi) is 3.68. The molecule has 8 nitrogen and oxygen atoms in total. The molecule has 1 fully saturated rings. The summed E-state index contributed by atoms with van der Waals surface area (Å²) in [6.45, 7) is 0.124. The highest BCUT2D eigenvalue weighted by atomic mass is 16.3. The van der Waals surface area contributed by atoms with Crippen molar-refractivity contribution in [2.75, 3.05) is 25.5 Å². The van der Waals surface area contributed by atoms with Crippen molar-refractivity contribution in [3.63, 3.8) is 0 Å². The van der Waals surface area contributed by atoms with Gasteiger partial charge < -0.3 is 20.2 Å². The fourth-order valence-electron chi connectivity index (χ4n) is 2.63. The largest absolute Gasteiger partial charge is 0.395 e. The first-order valence-corrected chi connectivity index (χ1v) is 6.97. The number of guanidine groups is 1. The summed E-state index contributed by atoms with van der Waals surface area (Å²) in [4.78, 5) is 31.4. The summed E-state index contributed by atoms with van der Waals surface area (Å²) in [6.07, 6.45) is -0.598. The number of rotatable bonds is 3. The molecule has 8 heteroatoms. The van der Waals surface area contributed by atoms with Gasteiger partial charge in [-0.3, -0.25) is 10.1 Å². The summed E-state index contributed by atoms with van der Waals surface area (Å²) in [7, 11) is 1.59. The number of β-amino-alcohol motifs (C(OH)–C–C–N with tert-alkyl or cyclic N) is 1. The number of aliphatic imine (C=N–C) groups is 1. The molecule has 0 aliphatic carbocycles. The van der Waals surface area contributed by atoms with Crippen LogP contribution in [0.5, 0.6) is 0 Å². The molecule has 0 spiro atoms. The second-order valence-electron chi connectivity index (χ2n) is 5.12. The zero-order valence-electron chi connectivity index (χ0n) is 12.1. The molecular weight excluding hydrogens is 286 g/mol. The molecule has 1 aromatic rings. The third kappa shape index (κ3) is 2.37. The van der Waals surface area contributed by atoms with E-state index >= 15 is 0 Å². The molecule has 22 heavy (non-hydrogen) atoms. The number of nitrogens with zero attached hydrogens (tertiary/aromatic N) is 3. The zero-order chi connectivity index (χ0) is 15.7. The van der Waals surface area contributed by atoms with Gasteiger partial charge in [-0.15, -0.1) is 0 Å². The summed E-state index contributed by atoms with van der Waals surface area (Å²) >= 11 is 0. The number of nitrogens with one attached hydrogen (secondary N) is 2. The molecule has 1 saturated heterocycles. The fourth-order valence-corrected chi connectivity index (χ4v) is 2.63. The number of para-hydroxylation sites is 1. The molecule has 2 aliphatic heterocycles. The third-order valence-corrected chi connectivity index (χ3v) is 3.73. The lowest BCUT2D eigenvalue weighted by Gasteiger charge is -2.35. The number of aliphatic hydroxyl groups is 1. The second kappa shape index (κ2) is 5.64. The van der Waals surface area contributed by atoms with Crippen molar-refractivity contribution in [2.24, 2.45) is 4.99 Å². The highest BCUT2D eigenvalue weighted by molar-refractivity contribution is 6.06. The number of hydrogen-bond acceptors (Lipinski definition) is 6. The van der Waals surface area contributed by atoms with Crippen molar-refractivity contribution >= 4 is 23.6 Å². The van der Waals surface area contributed by atoms with Crippen LogP contribution >= 0.6 is 0 Å². The molecule has 3 rings (SSSR count). The monoisotopic (exact) mass is 303 g/mol. The minimum absolute atomic E-state index is 0.121. The minimum atomic E-state index is -0.638. The number of carbonyl (C=O) groups excluding carboxylic acids is 2. The molecule has 2 unspecified atom stereocenters. The molecule has 1 aromatic carbocycles. The number of carbonyl (C=O) groups is 2. The molecule has 116 valence electrons. The summed E-state index contributed by atoms with van der Waals surface area (Å²) in [6, 6.07) is 8.29. The molecule has 2 aliphatic rings. The first kappa shape index (κ1) is 14.3. The van der Waals surface area contributed by atoms with Crippen LogP contribution in [0.4, 0.5) is 10.5 Å². The number of hydrogen-bond donors (Lipinski definition) is 3. The number of likely N-dealkylation sites (N-methyl/N-ethyl adjacent to an activating group) is 1. The van der Waals surface area contributed by atoms with Crippen molar-refractivity contribution in [1.82, 2.24) is 15.1 Å².